The molecule has 106 valence electrons. The van der Waals surface area contributed by atoms with E-state index in [1.54, 1.807) is 19.3 Å². The number of sulfonamides is 1. The molecule has 3 rings (SSSR count). The number of nitrogens with one attached hydrogen (secondary N) is 1. The van der Waals surface area contributed by atoms with E-state index in [4.69, 9.17) is 0 Å². The molecule has 0 saturated carbocycles. The SMILES string of the molecule is Cn1cc(S(=O)(=O)N2CC(Nc3ccncn3)C2)cn1. The van der Waals surface area contributed by atoms with Gasteiger partial charge in [-0.05, 0) is 6.07 Å². The van der Waals surface area contributed by atoms with Crippen LogP contribution >= 0.6 is 0 Å². The summed E-state index contributed by atoms with van der Waals surface area (Å²) in [4.78, 5) is 8.09. The lowest BCUT2D eigenvalue weighted by molar-refractivity contribution is 0.280. The van der Waals surface area contributed by atoms with Gasteiger partial charge in [0.15, 0.2) is 0 Å². The number of rotatable bonds is 4. The molecule has 0 aromatic carbocycles. The van der Waals surface area contributed by atoms with Crippen molar-refractivity contribution in [2.45, 2.75) is 10.9 Å². The van der Waals surface area contributed by atoms with Crippen LogP contribution in [0.2, 0.25) is 0 Å². The van der Waals surface area contributed by atoms with Gasteiger partial charge in [0.25, 0.3) is 0 Å². The van der Waals surface area contributed by atoms with Crippen molar-refractivity contribution in [1.82, 2.24) is 24.1 Å². The fraction of sp³-hybridized carbons (Fsp3) is 0.364. The summed E-state index contributed by atoms with van der Waals surface area (Å²) in [6.45, 7) is 0.836. The Morgan fingerprint density at radius 2 is 2.20 bits per heavy atom. The summed E-state index contributed by atoms with van der Waals surface area (Å²) in [5, 5.41) is 7.05. The van der Waals surface area contributed by atoms with Gasteiger partial charge in [-0.1, -0.05) is 0 Å². The van der Waals surface area contributed by atoms with Crippen molar-refractivity contribution >= 4 is 15.8 Å². The van der Waals surface area contributed by atoms with Gasteiger partial charge in [-0.3, -0.25) is 4.68 Å². The lowest BCUT2D eigenvalue weighted by atomic mass is 10.2. The smallest absolute Gasteiger partial charge is 0.246 e. The summed E-state index contributed by atoms with van der Waals surface area (Å²) in [5.74, 6) is 0.698. The Bertz CT molecular complexity index is 693. The highest BCUT2D eigenvalue weighted by atomic mass is 32.2. The lowest BCUT2D eigenvalue weighted by Gasteiger charge is -2.38. The van der Waals surface area contributed by atoms with E-state index in [-0.39, 0.29) is 10.9 Å². The summed E-state index contributed by atoms with van der Waals surface area (Å²) in [6.07, 6.45) is 5.95. The summed E-state index contributed by atoms with van der Waals surface area (Å²) in [6, 6.07) is 1.81. The maximum atomic E-state index is 12.2. The Kier molecular flexibility index (Phi) is 3.14. The van der Waals surface area contributed by atoms with Crippen LogP contribution in [0.25, 0.3) is 0 Å². The van der Waals surface area contributed by atoms with Gasteiger partial charge in [-0.15, -0.1) is 0 Å². The molecule has 0 unspecified atom stereocenters. The number of anilines is 1. The fourth-order valence-corrected chi connectivity index (χ4v) is 3.51. The van der Waals surface area contributed by atoms with Crippen LogP contribution in [0.5, 0.6) is 0 Å². The molecular formula is C11H14N6O2S. The third-order valence-electron chi connectivity index (χ3n) is 3.10. The van der Waals surface area contributed by atoms with Crippen molar-refractivity contribution < 1.29 is 8.42 Å². The number of hydrogen-bond acceptors (Lipinski definition) is 6. The molecule has 0 radical (unpaired) electrons. The Balaban J connectivity index is 1.63. The average molecular weight is 294 g/mol. The van der Waals surface area contributed by atoms with Gasteiger partial charge in [0.05, 0.1) is 12.2 Å². The Labute approximate surface area is 116 Å². The van der Waals surface area contributed by atoms with Gasteiger partial charge in [-0.2, -0.15) is 9.40 Å². The summed E-state index contributed by atoms with van der Waals surface area (Å²) >= 11 is 0. The Morgan fingerprint density at radius 3 is 2.80 bits per heavy atom. The first-order chi connectivity index (χ1) is 9.55. The molecule has 2 aromatic rings. The predicted octanol–water partition coefficient (Wildman–Crippen LogP) is -0.305. The second-order valence-electron chi connectivity index (χ2n) is 4.61. The largest absolute Gasteiger partial charge is 0.365 e. The van der Waals surface area contributed by atoms with Gasteiger partial charge in [0, 0.05) is 32.5 Å². The number of hydrogen-bond donors (Lipinski definition) is 1. The van der Waals surface area contributed by atoms with Crippen LogP contribution in [-0.2, 0) is 17.1 Å². The summed E-state index contributed by atoms with van der Waals surface area (Å²) < 4.78 is 27.4. The topological polar surface area (TPSA) is 93.0 Å². The zero-order valence-electron chi connectivity index (χ0n) is 10.8. The minimum absolute atomic E-state index is 0.0661. The van der Waals surface area contributed by atoms with Gasteiger partial charge in [0.2, 0.25) is 10.0 Å². The molecule has 1 fully saturated rings. The first-order valence-electron chi connectivity index (χ1n) is 6.07. The molecule has 2 aromatic heterocycles. The van der Waals surface area contributed by atoms with Crippen molar-refractivity contribution in [2.24, 2.45) is 7.05 Å². The highest BCUT2D eigenvalue weighted by molar-refractivity contribution is 7.89. The molecule has 20 heavy (non-hydrogen) atoms. The van der Waals surface area contributed by atoms with Crippen LogP contribution in [0.4, 0.5) is 5.82 Å². The van der Waals surface area contributed by atoms with Crippen molar-refractivity contribution in [3.63, 3.8) is 0 Å². The van der Waals surface area contributed by atoms with Gasteiger partial charge in [0.1, 0.15) is 17.0 Å². The molecule has 0 atom stereocenters. The van der Waals surface area contributed by atoms with Crippen LogP contribution < -0.4 is 5.32 Å². The van der Waals surface area contributed by atoms with E-state index in [0.29, 0.717) is 18.9 Å². The number of nitrogens with zero attached hydrogens (tertiary/aromatic N) is 5. The predicted molar refractivity (Wildman–Crippen MR) is 71.4 cm³/mol. The molecule has 1 saturated heterocycles. The van der Waals surface area contributed by atoms with Gasteiger partial charge in [-0.25, -0.2) is 18.4 Å². The van der Waals surface area contributed by atoms with E-state index >= 15 is 0 Å². The molecule has 0 bridgehead atoms. The Morgan fingerprint density at radius 1 is 1.40 bits per heavy atom. The molecule has 1 N–H and O–H groups in total. The average Bonchev–Trinajstić information content (AvgIpc) is 2.82. The van der Waals surface area contributed by atoms with E-state index in [2.05, 4.69) is 20.4 Å². The molecular weight excluding hydrogens is 280 g/mol. The quantitative estimate of drug-likeness (QED) is 0.832. The standard InChI is InChI=1S/C11H14N6O2S/c1-16-7-10(4-14-16)20(18,19)17-5-9(6-17)15-11-2-3-12-8-13-11/h2-4,7-9H,5-6H2,1H3,(H,12,13,15). The minimum atomic E-state index is -3.43. The van der Waals surface area contributed by atoms with Crippen molar-refractivity contribution in [3.05, 3.63) is 31.0 Å². The minimum Gasteiger partial charge on any atom is -0.365 e. The van der Waals surface area contributed by atoms with E-state index in [9.17, 15) is 8.42 Å². The molecule has 8 nitrogen and oxygen atoms in total. The monoisotopic (exact) mass is 294 g/mol. The fourth-order valence-electron chi connectivity index (χ4n) is 1.99. The van der Waals surface area contributed by atoms with E-state index in [1.165, 1.54) is 27.7 Å². The second kappa shape index (κ2) is 4.84. The first-order valence-corrected chi connectivity index (χ1v) is 7.51. The highest BCUT2D eigenvalue weighted by Gasteiger charge is 2.37. The van der Waals surface area contributed by atoms with E-state index < -0.39 is 10.0 Å². The normalized spacial score (nSPS) is 16.9. The first kappa shape index (κ1) is 13.0. The van der Waals surface area contributed by atoms with Crippen LogP contribution in [0.3, 0.4) is 0 Å². The summed E-state index contributed by atoms with van der Waals surface area (Å²) in [5.41, 5.74) is 0. The van der Waals surface area contributed by atoms with E-state index in [1.807, 2.05) is 0 Å². The van der Waals surface area contributed by atoms with Crippen molar-refractivity contribution in [3.8, 4) is 0 Å². The maximum absolute atomic E-state index is 12.2. The maximum Gasteiger partial charge on any atom is 0.246 e. The molecule has 9 heteroatoms. The number of aromatic nitrogens is 4. The molecule has 3 heterocycles. The van der Waals surface area contributed by atoms with Gasteiger partial charge < -0.3 is 5.32 Å². The second-order valence-corrected chi connectivity index (χ2v) is 6.55. The van der Waals surface area contributed by atoms with Crippen LogP contribution in [0, 0.1) is 0 Å². The van der Waals surface area contributed by atoms with E-state index in [0.717, 1.165) is 0 Å². The Hall–Kier alpha value is -2.00. The van der Waals surface area contributed by atoms with Crippen molar-refractivity contribution in [2.75, 3.05) is 18.4 Å². The van der Waals surface area contributed by atoms with Crippen molar-refractivity contribution in [1.29, 1.82) is 0 Å². The number of aryl methyl sites for hydroxylation is 1. The molecule has 0 amide bonds. The molecule has 0 spiro atoms. The van der Waals surface area contributed by atoms with Crippen LogP contribution in [-0.4, -0.2) is 51.6 Å². The zero-order valence-corrected chi connectivity index (χ0v) is 11.7. The molecule has 1 aliphatic rings. The summed E-state index contributed by atoms with van der Waals surface area (Å²) in [7, 11) is -1.74. The van der Waals surface area contributed by atoms with Crippen LogP contribution in [0.1, 0.15) is 0 Å². The third kappa shape index (κ3) is 2.37. The molecule has 0 aliphatic carbocycles. The molecule has 1 aliphatic heterocycles. The van der Waals surface area contributed by atoms with Crippen LogP contribution in [0.15, 0.2) is 35.9 Å². The third-order valence-corrected chi connectivity index (χ3v) is 4.89. The van der Waals surface area contributed by atoms with Gasteiger partial charge >= 0.3 is 0 Å². The lowest BCUT2D eigenvalue weighted by Crippen LogP contribution is -2.56. The zero-order chi connectivity index (χ0) is 14.2. The highest BCUT2D eigenvalue weighted by Crippen LogP contribution is 2.22.